The summed E-state index contributed by atoms with van der Waals surface area (Å²) in [6.45, 7) is 3.25. The molecule has 29 heavy (non-hydrogen) atoms. The summed E-state index contributed by atoms with van der Waals surface area (Å²) < 4.78 is 7.45. The summed E-state index contributed by atoms with van der Waals surface area (Å²) in [5.74, 6) is 0. The SMILES string of the molecule is Cc1ccc(C[C@@H](C#N)Sc2nc3ccccc3c(=O)n2C[C@@H]2CCCO2)cc1. The van der Waals surface area contributed by atoms with Gasteiger partial charge in [-0.05, 0) is 43.9 Å². The minimum absolute atomic E-state index is 0.0210. The molecule has 2 aromatic carbocycles. The number of aromatic nitrogens is 2. The Balaban J connectivity index is 1.67. The molecule has 1 aliphatic heterocycles. The summed E-state index contributed by atoms with van der Waals surface area (Å²) in [5, 5.41) is 10.6. The van der Waals surface area contributed by atoms with Crippen LogP contribution in [0.15, 0.2) is 58.5 Å². The second kappa shape index (κ2) is 8.81. The van der Waals surface area contributed by atoms with Crippen LogP contribution >= 0.6 is 11.8 Å². The van der Waals surface area contributed by atoms with Crippen molar-refractivity contribution < 1.29 is 4.74 Å². The standard InChI is InChI=1S/C23H23N3O2S/c1-16-8-10-17(11-9-16)13-19(14-24)29-23-25-21-7-3-2-6-20(21)22(27)26(23)15-18-5-4-12-28-18/h2-3,6-11,18-19H,4-5,12-13,15H2,1H3/t18-,19-/m0/s1. The lowest BCUT2D eigenvalue weighted by atomic mass is 10.1. The zero-order chi connectivity index (χ0) is 20.2. The molecule has 4 rings (SSSR count). The van der Waals surface area contributed by atoms with Gasteiger partial charge in [-0.2, -0.15) is 5.26 Å². The summed E-state index contributed by atoms with van der Waals surface area (Å²) in [6.07, 6.45) is 2.57. The van der Waals surface area contributed by atoms with Crippen LogP contribution in [0.3, 0.4) is 0 Å². The molecule has 0 bridgehead atoms. The van der Waals surface area contributed by atoms with Crippen LogP contribution in [0.5, 0.6) is 0 Å². The third-order valence-corrected chi connectivity index (χ3v) is 6.25. The van der Waals surface area contributed by atoms with Gasteiger partial charge in [0.1, 0.15) is 5.25 Å². The number of hydrogen-bond donors (Lipinski definition) is 0. The Kier molecular flexibility index (Phi) is 5.98. The van der Waals surface area contributed by atoms with Gasteiger partial charge in [-0.15, -0.1) is 0 Å². The number of para-hydroxylation sites is 1. The van der Waals surface area contributed by atoms with E-state index in [1.165, 1.54) is 17.3 Å². The van der Waals surface area contributed by atoms with Crippen molar-refractivity contribution in [2.24, 2.45) is 0 Å². The van der Waals surface area contributed by atoms with Gasteiger partial charge in [-0.25, -0.2) is 4.98 Å². The summed E-state index contributed by atoms with van der Waals surface area (Å²) in [4.78, 5) is 17.9. The number of nitrogens with zero attached hydrogens (tertiary/aromatic N) is 3. The van der Waals surface area contributed by atoms with Crippen LogP contribution in [-0.2, 0) is 17.7 Å². The number of nitriles is 1. The fourth-order valence-corrected chi connectivity index (χ4v) is 4.59. The summed E-state index contributed by atoms with van der Waals surface area (Å²) >= 11 is 1.36. The Labute approximate surface area is 174 Å². The van der Waals surface area contributed by atoms with E-state index in [9.17, 15) is 10.1 Å². The van der Waals surface area contributed by atoms with Crippen LogP contribution in [-0.4, -0.2) is 27.5 Å². The maximum atomic E-state index is 13.2. The third-order valence-electron chi connectivity index (χ3n) is 5.17. The molecule has 1 saturated heterocycles. The van der Waals surface area contributed by atoms with E-state index >= 15 is 0 Å². The topological polar surface area (TPSA) is 67.9 Å². The molecule has 1 aromatic heterocycles. The van der Waals surface area contributed by atoms with Gasteiger partial charge in [0.15, 0.2) is 5.16 Å². The fraction of sp³-hybridized carbons (Fsp3) is 0.348. The first-order valence-electron chi connectivity index (χ1n) is 9.87. The van der Waals surface area contributed by atoms with Crippen molar-refractivity contribution in [2.75, 3.05) is 6.61 Å². The largest absolute Gasteiger partial charge is 0.376 e. The molecule has 0 amide bonds. The van der Waals surface area contributed by atoms with Gasteiger partial charge in [-0.3, -0.25) is 9.36 Å². The highest BCUT2D eigenvalue weighted by atomic mass is 32.2. The highest BCUT2D eigenvalue weighted by molar-refractivity contribution is 8.00. The van der Waals surface area contributed by atoms with E-state index in [4.69, 9.17) is 9.72 Å². The first-order valence-corrected chi connectivity index (χ1v) is 10.7. The van der Waals surface area contributed by atoms with Crippen LogP contribution < -0.4 is 5.56 Å². The Morgan fingerprint density at radius 3 is 2.79 bits per heavy atom. The Morgan fingerprint density at radius 2 is 2.07 bits per heavy atom. The van der Waals surface area contributed by atoms with E-state index in [-0.39, 0.29) is 16.9 Å². The number of rotatable bonds is 6. The van der Waals surface area contributed by atoms with Gasteiger partial charge >= 0.3 is 0 Å². The minimum atomic E-state index is -0.332. The quantitative estimate of drug-likeness (QED) is 0.456. The number of aryl methyl sites for hydroxylation is 1. The van der Waals surface area contributed by atoms with Crippen LogP contribution in [0.1, 0.15) is 24.0 Å². The molecule has 6 heteroatoms. The molecule has 0 N–H and O–H groups in total. The summed E-state index contributed by atoms with van der Waals surface area (Å²) in [7, 11) is 0. The molecule has 1 aliphatic rings. The molecule has 148 valence electrons. The number of fused-ring (bicyclic) bond motifs is 1. The Hall–Kier alpha value is -2.62. The van der Waals surface area contributed by atoms with Crippen molar-refractivity contribution >= 4 is 22.7 Å². The smallest absolute Gasteiger partial charge is 0.262 e. The van der Waals surface area contributed by atoms with Crippen LogP contribution in [0.25, 0.3) is 10.9 Å². The van der Waals surface area contributed by atoms with Gasteiger partial charge in [0.05, 0.1) is 29.6 Å². The maximum absolute atomic E-state index is 13.2. The van der Waals surface area contributed by atoms with Gasteiger partial charge in [0.25, 0.3) is 5.56 Å². The zero-order valence-electron chi connectivity index (χ0n) is 16.4. The zero-order valence-corrected chi connectivity index (χ0v) is 17.2. The van der Waals surface area contributed by atoms with Crippen molar-refractivity contribution in [1.82, 2.24) is 9.55 Å². The molecular formula is C23H23N3O2S. The summed E-state index contributed by atoms with van der Waals surface area (Å²) in [5.41, 5.74) is 2.89. The molecule has 1 fully saturated rings. The van der Waals surface area contributed by atoms with E-state index in [1.54, 1.807) is 10.6 Å². The van der Waals surface area contributed by atoms with E-state index in [2.05, 4.69) is 18.2 Å². The van der Waals surface area contributed by atoms with Crippen molar-refractivity contribution in [1.29, 1.82) is 5.26 Å². The highest BCUT2D eigenvalue weighted by Gasteiger charge is 2.22. The van der Waals surface area contributed by atoms with E-state index < -0.39 is 0 Å². The van der Waals surface area contributed by atoms with Crippen molar-refractivity contribution in [3.63, 3.8) is 0 Å². The molecule has 0 spiro atoms. The maximum Gasteiger partial charge on any atom is 0.262 e. The molecule has 3 aromatic rings. The molecule has 0 unspecified atom stereocenters. The molecular weight excluding hydrogens is 382 g/mol. The van der Waals surface area contributed by atoms with Crippen molar-refractivity contribution in [3.8, 4) is 6.07 Å². The molecule has 0 radical (unpaired) electrons. The molecule has 2 atom stereocenters. The second-order valence-electron chi connectivity index (χ2n) is 7.39. The van der Waals surface area contributed by atoms with E-state index in [1.807, 2.05) is 37.3 Å². The van der Waals surface area contributed by atoms with Gasteiger partial charge in [0.2, 0.25) is 0 Å². The first kappa shape index (κ1) is 19.7. The Bertz CT molecular complexity index is 1100. The lowest BCUT2D eigenvalue weighted by Crippen LogP contribution is -2.29. The number of thioether (sulfide) groups is 1. The molecule has 2 heterocycles. The second-order valence-corrected chi connectivity index (χ2v) is 8.56. The Morgan fingerprint density at radius 1 is 1.28 bits per heavy atom. The van der Waals surface area contributed by atoms with Gasteiger partial charge < -0.3 is 4.74 Å². The average molecular weight is 406 g/mol. The predicted molar refractivity (Wildman–Crippen MR) is 115 cm³/mol. The third kappa shape index (κ3) is 4.52. The average Bonchev–Trinajstić information content (AvgIpc) is 3.25. The first-order chi connectivity index (χ1) is 14.1. The lowest BCUT2D eigenvalue weighted by molar-refractivity contribution is 0.0937. The lowest BCUT2D eigenvalue weighted by Gasteiger charge is -2.18. The highest BCUT2D eigenvalue weighted by Crippen LogP contribution is 2.26. The number of benzene rings is 2. The molecule has 5 nitrogen and oxygen atoms in total. The molecule has 0 aliphatic carbocycles. The van der Waals surface area contributed by atoms with Crippen LogP contribution in [0, 0.1) is 18.3 Å². The predicted octanol–water partition coefficient (Wildman–Crippen LogP) is 4.11. The monoisotopic (exact) mass is 405 g/mol. The van der Waals surface area contributed by atoms with Crippen LogP contribution in [0.4, 0.5) is 0 Å². The van der Waals surface area contributed by atoms with Gasteiger partial charge in [-0.1, -0.05) is 53.7 Å². The minimum Gasteiger partial charge on any atom is -0.376 e. The van der Waals surface area contributed by atoms with E-state index in [0.29, 0.717) is 29.0 Å². The summed E-state index contributed by atoms with van der Waals surface area (Å²) in [6, 6.07) is 18.0. The molecule has 0 saturated carbocycles. The normalized spacial score (nSPS) is 17.3. The fourth-order valence-electron chi connectivity index (χ4n) is 3.57. The van der Waals surface area contributed by atoms with Crippen LogP contribution in [0.2, 0.25) is 0 Å². The number of hydrogen-bond acceptors (Lipinski definition) is 5. The van der Waals surface area contributed by atoms with Gasteiger partial charge in [0, 0.05) is 6.61 Å². The number of ether oxygens (including phenoxy) is 1. The van der Waals surface area contributed by atoms with E-state index in [0.717, 1.165) is 25.0 Å². The van der Waals surface area contributed by atoms with Crippen molar-refractivity contribution in [3.05, 3.63) is 70.0 Å². The van der Waals surface area contributed by atoms with Crippen molar-refractivity contribution in [2.45, 2.75) is 49.2 Å².